The summed E-state index contributed by atoms with van der Waals surface area (Å²) < 4.78 is 14.8. The molecule has 8 heteroatoms. The van der Waals surface area contributed by atoms with E-state index in [-0.39, 0.29) is 30.2 Å². The van der Waals surface area contributed by atoms with Crippen LogP contribution >= 0.6 is 0 Å². The van der Waals surface area contributed by atoms with Crippen LogP contribution in [0.3, 0.4) is 0 Å². The van der Waals surface area contributed by atoms with Crippen molar-refractivity contribution in [1.29, 1.82) is 0 Å². The Kier molecular flexibility index (Phi) is 5.55. The van der Waals surface area contributed by atoms with Gasteiger partial charge in [0.1, 0.15) is 0 Å². The predicted octanol–water partition coefficient (Wildman–Crippen LogP) is -0.549. The maximum absolute atomic E-state index is 11.2. The van der Waals surface area contributed by atoms with Crippen LogP contribution in [0.1, 0.15) is 16.9 Å². The van der Waals surface area contributed by atoms with Gasteiger partial charge in [0.05, 0.1) is 20.1 Å². The molecule has 0 saturated carbocycles. The number of aliphatic hydroxyl groups is 1. The summed E-state index contributed by atoms with van der Waals surface area (Å²) in [7, 11) is 1.38. The molecule has 0 bridgehead atoms. The second kappa shape index (κ2) is 7.17. The molecular formula is C11H14N2O6. The van der Waals surface area contributed by atoms with Gasteiger partial charge in [0, 0.05) is 12.3 Å². The van der Waals surface area contributed by atoms with E-state index in [1.54, 1.807) is 0 Å². The third-order valence-corrected chi connectivity index (χ3v) is 2.06. The van der Waals surface area contributed by atoms with Gasteiger partial charge in [-0.2, -0.15) is 0 Å². The minimum atomic E-state index is -0.796. The number of hydrogen-bond acceptors (Lipinski definition) is 7. The number of ether oxygens (including phenoxy) is 3. The molecule has 0 aliphatic rings. The lowest BCUT2D eigenvalue weighted by atomic mass is 10.3. The third-order valence-electron chi connectivity index (χ3n) is 2.06. The Morgan fingerprint density at radius 2 is 2.21 bits per heavy atom. The topological polar surface area (TPSA) is 121 Å². The number of amides is 1. The molecule has 3 N–H and O–H groups in total. The lowest BCUT2D eigenvalue weighted by Crippen LogP contribution is -2.17. The Hall–Kier alpha value is -2.35. The Morgan fingerprint density at radius 3 is 2.79 bits per heavy atom. The highest BCUT2D eigenvalue weighted by molar-refractivity contribution is 5.94. The molecule has 1 heterocycles. The average molecular weight is 270 g/mol. The zero-order chi connectivity index (χ0) is 14.3. The second-order valence-electron chi connectivity index (χ2n) is 3.31. The van der Waals surface area contributed by atoms with Gasteiger partial charge in [-0.15, -0.1) is 0 Å². The smallest absolute Gasteiger partial charge is 0.310 e. The number of methoxy groups -OCH3 is 1. The lowest BCUT2D eigenvalue weighted by Gasteiger charge is -2.12. The van der Waals surface area contributed by atoms with Crippen LogP contribution in [-0.4, -0.2) is 42.5 Å². The van der Waals surface area contributed by atoms with Gasteiger partial charge >= 0.3 is 5.97 Å². The summed E-state index contributed by atoms with van der Waals surface area (Å²) in [5.74, 6) is -1.20. The molecular weight excluding hydrogens is 256 g/mol. The molecule has 0 aromatic carbocycles. The zero-order valence-corrected chi connectivity index (χ0v) is 10.3. The quantitative estimate of drug-likeness (QED) is 0.503. The molecule has 0 saturated heterocycles. The fraction of sp³-hybridized carbons (Fsp3) is 0.364. The van der Waals surface area contributed by atoms with Crippen molar-refractivity contribution in [3.63, 3.8) is 0 Å². The summed E-state index contributed by atoms with van der Waals surface area (Å²) in [4.78, 5) is 25.9. The highest BCUT2D eigenvalue weighted by Gasteiger charge is 2.17. The largest absolute Gasteiger partial charge is 0.493 e. The number of aromatic nitrogens is 1. The van der Waals surface area contributed by atoms with Crippen LogP contribution < -0.4 is 15.2 Å². The van der Waals surface area contributed by atoms with Gasteiger partial charge in [0.25, 0.3) is 5.91 Å². The van der Waals surface area contributed by atoms with Gasteiger partial charge in [-0.25, -0.2) is 4.98 Å². The number of hydrogen-bond donors (Lipinski definition) is 2. The van der Waals surface area contributed by atoms with Gasteiger partial charge in [-0.1, -0.05) is 0 Å². The Labute approximate surface area is 109 Å². The van der Waals surface area contributed by atoms with Crippen molar-refractivity contribution in [2.75, 3.05) is 20.5 Å². The number of nitrogens with two attached hydrogens (primary N) is 1. The van der Waals surface area contributed by atoms with Crippen molar-refractivity contribution in [2.24, 2.45) is 5.73 Å². The van der Waals surface area contributed by atoms with Gasteiger partial charge in [0.15, 0.2) is 17.2 Å². The first-order chi connectivity index (χ1) is 9.10. The maximum Gasteiger partial charge on any atom is 0.310 e. The molecule has 0 unspecified atom stereocenters. The van der Waals surface area contributed by atoms with Crippen molar-refractivity contribution in [3.05, 3.63) is 18.0 Å². The van der Waals surface area contributed by atoms with E-state index < -0.39 is 18.7 Å². The predicted molar refractivity (Wildman–Crippen MR) is 62.6 cm³/mol. The minimum Gasteiger partial charge on any atom is -0.493 e. The normalized spacial score (nSPS) is 9.79. The van der Waals surface area contributed by atoms with Crippen molar-refractivity contribution >= 4 is 11.9 Å². The third kappa shape index (κ3) is 4.11. The van der Waals surface area contributed by atoms with Crippen LogP contribution in [0.25, 0.3) is 0 Å². The Morgan fingerprint density at radius 1 is 1.47 bits per heavy atom. The number of rotatable bonds is 7. The summed E-state index contributed by atoms with van der Waals surface area (Å²) in [5, 5.41) is 8.52. The van der Waals surface area contributed by atoms with E-state index in [0.29, 0.717) is 0 Å². The standard InChI is InChI=1S/C11H14N2O6/c1-17-7-2-4-13-9(11(12)16)10(7)19-6-18-8(15)3-5-14/h2,4,14H,3,5-6H2,1H3,(H2,12,16). The van der Waals surface area contributed by atoms with E-state index in [1.165, 1.54) is 19.4 Å². The molecule has 0 spiro atoms. The van der Waals surface area contributed by atoms with Crippen LogP contribution in [0.15, 0.2) is 12.3 Å². The first-order valence-electron chi connectivity index (χ1n) is 5.32. The Balaban J connectivity index is 2.75. The second-order valence-corrected chi connectivity index (χ2v) is 3.31. The van der Waals surface area contributed by atoms with Crippen molar-refractivity contribution < 1.29 is 28.9 Å². The summed E-state index contributed by atoms with van der Waals surface area (Å²) in [5.41, 5.74) is 5.01. The van der Waals surface area contributed by atoms with Crippen LogP contribution in [0, 0.1) is 0 Å². The SMILES string of the molecule is COc1ccnc(C(N)=O)c1OCOC(=O)CCO. The van der Waals surface area contributed by atoms with Gasteiger partial charge < -0.3 is 25.1 Å². The molecule has 19 heavy (non-hydrogen) atoms. The van der Waals surface area contributed by atoms with Crippen LogP contribution in [0.4, 0.5) is 0 Å². The highest BCUT2D eigenvalue weighted by Crippen LogP contribution is 2.29. The van der Waals surface area contributed by atoms with Crippen LogP contribution in [0.2, 0.25) is 0 Å². The molecule has 1 rings (SSSR count). The zero-order valence-electron chi connectivity index (χ0n) is 10.3. The highest BCUT2D eigenvalue weighted by atomic mass is 16.7. The van der Waals surface area contributed by atoms with E-state index in [0.717, 1.165) is 0 Å². The van der Waals surface area contributed by atoms with E-state index in [4.69, 9.17) is 20.3 Å². The molecule has 104 valence electrons. The fourth-order valence-corrected chi connectivity index (χ4v) is 1.22. The first-order valence-corrected chi connectivity index (χ1v) is 5.32. The van der Waals surface area contributed by atoms with Crippen molar-refractivity contribution in [1.82, 2.24) is 4.98 Å². The van der Waals surface area contributed by atoms with Gasteiger partial charge in [-0.3, -0.25) is 9.59 Å². The fourth-order valence-electron chi connectivity index (χ4n) is 1.22. The Bertz CT molecular complexity index is 462. The summed E-state index contributed by atoms with van der Waals surface area (Å²) >= 11 is 0. The number of aliphatic hydroxyl groups excluding tert-OH is 1. The van der Waals surface area contributed by atoms with E-state index in [2.05, 4.69) is 9.72 Å². The number of primary amides is 1. The van der Waals surface area contributed by atoms with Crippen LogP contribution in [0.5, 0.6) is 11.5 Å². The van der Waals surface area contributed by atoms with E-state index in [1.807, 2.05) is 0 Å². The number of carbonyl (C=O) groups is 2. The maximum atomic E-state index is 11.2. The van der Waals surface area contributed by atoms with Gasteiger partial charge in [-0.05, 0) is 0 Å². The molecule has 0 atom stereocenters. The molecule has 1 aromatic rings. The summed E-state index contributed by atoms with van der Waals surface area (Å²) in [6.07, 6.45) is 1.19. The van der Waals surface area contributed by atoms with Gasteiger partial charge in [0.2, 0.25) is 6.79 Å². The number of esters is 1. The summed E-state index contributed by atoms with van der Waals surface area (Å²) in [6.45, 7) is -0.761. The molecule has 0 radical (unpaired) electrons. The number of carbonyl (C=O) groups excluding carboxylic acids is 2. The molecule has 1 amide bonds. The van der Waals surface area contributed by atoms with Crippen molar-refractivity contribution in [2.45, 2.75) is 6.42 Å². The number of pyridine rings is 1. The summed E-state index contributed by atoms with van der Waals surface area (Å²) in [6, 6.07) is 1.47. The van der Waals surface area contributed by atoms with Crippen molar-refractivity contribution in [3.8, 4) is 11.5 Å². The molecule has 0 aliphatic carbocycles. The van der Waals surface area contributed by atoms with E-state index >= 15 is 0 Å². The van der Waals surface area contributed by atoms with E-state index in [9.17, 15) is 9.59 Å². The molecule has 0 fully saturated rings. The number of nitrogens with zero attached hydrogens (tertiary/aromatic N) is 1. The monoisotopic (exact) mass is 270 g/mol. The molecule has 0 aliphatic heterocycles. The molecule has 8 nitrogen and oxygen atoms in total. The van der Waals surface area contributed by atoms with Crippen LogP contribution in [-0.2, 0) is 9.53 Å². The molecule has 1 aromatic heterocycles. The lowest BCUT2D eigenvalue weighted by molar-refractivity contribution is -0.151. The minimum absolute atomic E-state index is 0.00528. The first kappa shape index (κ1) is 14.7. The average Bonchev–Trinajstić information content (AvgIpc) is 2.38.